The van der Waals surface area contributed by atoms with E-state index in [0.717, 1.165) is 41.7 Å². The van der Waals surface area contributed by atoms with Crippen molar-refractivity contribution in [1.29, 1.82) is 0 Å². The third kappa shape index (κ3) is 4.20. The minimum atomic E-state index is -1.02. The van der Waals surface area contributed by atoms with Crippen LogP contribution in [-0.4, -0.2) is 30.1 Å². The van der Waals surface area contributed by atoms with Crippen molar-refractivity contribution in [3.05, 3.63) is 60.4 Å². The summed E-state index contributed by atoms with van der Waals surface area (Å²) in [6.07, 6.45) is 6.17. The molecule has 30 heavy (non-hydrogen) atoms. The first-order valence-corrected chi connectivity index (χ1v) is 10.1. The first kappa shape index (κ1) is 20.1. The Hall–Kier alpha value is -3.22. The van der Waals surface area contributed by atoms with Crippen LogP contribution >= 0.6 is 0 Å². The molecule has 7 heteroatoms. The lowest BCUT2D eigenvalue weighted by atomic mass is 10.0. The number of carbonyl (C=O) groups excluding carboxylic acids is 1. The molecule has 1 atom stereocenters. The summed E-state index contributed by atoms with van der Waals surface area (Å²) in [6.45, 7) is 3.59. The first-order chi connectivity index (χ1) is 14.5. The smallest absolute Gasteiger partial charge is 0.265 e. The third-order valence-electron chi connectivity index (χ3n) is 5.32. The van der Waals surface area contributed by atoms with Crippen molar-refractivity contribution >= 4 is 28.1 Å². The van der Waals surface area contributed by atoms with Gasteiger partial charge >= 0.3 is 0 Å². The Morgan fingerprint density at radius 1 is 1.07 bits per heavy atom. The van der Waals surface area contributed by atoms with Crippen LogP contribution in [0, 0.1) is 11.6 Å². The Morgan fingerprint density at radius 3 is 2.63 bits per heavy atom. The molecule has 1 N–H and O–H groups in total. The summed E-state index contributed by atoms with van der Waals surface area (Å²) in [4.78, 5) is 19.3. The van der Waals surface area contributed by atoms with E-state index in [1.165, 1.54) is 25.3 Å². The van der Waals surface area contributed by atoms with Gasteiger partial charge in [0.15, 0.2) is 17.7 Å². The minimum Gasteiger partial charge on any atom is -0.481 e. The number of pyridine rings is 1. The summed E-state index contributed by atoms with van der Waals surface area (Å²) in [5, 5.41) is 4.74. The number of halogens is 2. The first-order valence-electron chi connectivity index (χ1n) is 10.1. The van der Waals surface area contributed by atoms with Gasteiger partial charge < -0.3 is 15.0 Å². The molecule has 5 nitrogen and oxygen atoms in total. The summed E-state index contributed by atoms with van der Waals surface area (Å²) in [7, 11) is 0. The number of nitrogens with zero attached hydrogens (tertiary/aromatic N) is 2. The van der Waals surface area contributed by atoms with Crippen molar-refractivity contribution in [3.63, 3.8) is 0 Å². The molecule has 1 amide bonds. The Labute approximate surface area is 173 Å². The highest BCUT2D eigenvalue weighted by Crippen LogP contribution is 2.33. The van der Waals surface area contributed by atoms with Crippen LogP contribution in [0.25, 0.3) is 10.8 Å². The van der Waals surface area contributed by atoms with E-state index in [1.807, 2.05) is 18.2 Å². The van der Waals surface area contributed by atoms with E-state index in [-0.39, 0.29) is 5.75 Å². The summed E-state index contributed by atoms with van der Waals surface area (Å²) in [6, 6.07) is 9.02. The maximum absolute atomic E-state index is 13.4. The number of rotatable bonds is 5. The lowest BCUT2D eigenvalue weighted by molar-refractivity contribution is -0.122. The van der Waals surface area contributed by atoms with E-state index in [1.54, 1.807) is 19.3 Å². The quantitative estimate of drug-likeness (QED) is 0.648. The molecule has 0 bridgehead atoms. The molecule has 1 aromatic heterocycles. The Morgan fingerprint density at radius 2 is 1.87 bits per heavy atom. The predicted molar refractivity (Wildman–Crippen MR) is 113 cm³/mol. The number of hydrogen-bond donors (Lipinski definition) is 1. The predicted octanol–water partition coefficient (Wildman–Crippen LogP) is 4.91. The fourth-order valence-electron chi connectivity index (χ4n) is 3.74. The molecule has 2 aromatic carbocycles. The Kier molecular flexibility index (Phi) is 5.79. The van der Waals surface area contributed by atoms with Crippen LogP contribution in [-0.2, 0) is 4.79 Å². The van der Waals surface area contributed by atoms with Gasteiger partial charge in [0.25, 0.3) is 5.91 Å². The van der Waals surface area contributed by atoms with E-state index >= 15 is 0 Å². The Bertz CT molecular complexity index is 1070. The number of amides is 1. The molecule has 1 saturated heterocycles. The second-order valence-electron chi connectivity index (χ2n) is 7.43. The number of aromatic nitrogens is 1. The van der Waals surface area contributed by atoms with Gasteiger partial charge in [-0.1, -0.05) is 0 Å². The van der Waals surface area contributed by atoms with Gasteiger partial charge in [-0.25, -0.2) is 8.78 Å². The van der Waals surface area contributed by atoms with E-state index in [9.17, 15) is 13.6 Å². The summed E-state index contributed by atoms with van der Waals surface area (Å²) in [5.74, 6) is -2.29. The molecule has 0 aliphatic carbocycles. The zero-order chi connectivity index (χ0) is 21.1. The van der Waals surface area contributed by atoms with Crippen molar-refractivity contribution in [2.24, 2.45) is 0 Å². The average Bonchev–Trinajstić information content (AvgIpc) is 2.77. The molecule has 1 unspecified atom stereocenters. The van der Waals surface area contributed by atoms with Crippen LogP contribution in [0.4, 0.5) is 20.2 Å². The van der Waals surface area contributed by atoms with Crippen molar-refractivity contribution in [1.82, 2.24) is 4.98 Å². The highest BCUT2D eigenvalue weighted by atomic mass is 19.2. The number of ether oxygens (including phenoxy) is 1. The lowest BCUT2D eigenvalue weighted by Crippen LogP contribution is -2.31. The van der Waals surface area contributed by atoms with Crippen LogP contribution in [0.5, 0.6) is 5.75 Å². The number of benzene rings is 2. The summed E-state index contributed by atoms with van der Waals surface area (Å²) >= 11 is 0. The van der Waals surface area contributed by atoms with Crippen molar-refractivity contribution in [3.8, 4) is 5.75 Å². The van der Waals surface area contributed by atoms with Gasteiger partial charge in [-0.2, -0.15) is 0 Å². The summed E-state index contributed by atoms with van der Waals surface area (Å²) in [5.41, 5.74) is 1.76. The van der Waals surface area contributed by atoms with Crippen LogP contribution in [0.2, 0.25) is 0 Å². The fraction of sp³-hybridized carbons (Fsp3) is 0.304. The van der Waals surface area contributed by atoms with Crippen LogP contribution in [0.15, 0.2) is 48.8 Å². The molecule has 0 radical (unpaired) electrons. The molecule has 0 spiro atoms. The van der Waals surface area contributed by atoms with Gasteiger partial charge in [-0.15, -0.1) is 0 Å². The molecule has 4 rings (SSSR count). The van der Waals surface area contributed by atoms with E-state index in [4.69, 9.17) is 4.74 Å². The van der Waals surface area contributed by atoms with Gasteiger partial charge in [0.05, 0.1) is 5.69 Å². The average molecular weight is 411 g/mol. The van der Waals surface area contributed by atoms with Crippen LogP contribution in [0.3, 0.4) is 0 Å². The van der Waals surface area contributed by atoms with Gasteiger partial charge in [0.1, 0.15) is 5.75 Å². The lowest BCUT2D eigenvalue weighted by Gasteiger charge is -2.30. The van der Waals surface area contributed by atoms with E-state index < -0.39 is 23.6 Å². The highest BCUT2D eigenvalue weighted by Gasteiger charge is 2.19. The van der Waals surface area contributed by atoms with Gasteiger partial charge in [-0.05, 0) is 56.5 Å². The molecule has 0 saturated carbocycles. The molecule has 156 valence electrons. The molecule has 1 fully saturated rings. The molecular weight excluding hydrogens is 388 g/mol. The maximum atomic E-state index is 13.4. The largest absolute Gasteiger partial charge is 0.481 e. The molecular formula is C23H23F2N3O2. The van der Waals surface area contributed by atoms with Gasteiger partial charge in [0.2, 0.25) is 0 Å². The van der Waals surface area contributed by atoms with Crippen molar-refractivity contribution in [2.75, 3.05) is 23.3 Å². The number of nitrogens with one attached hydrogen (secondary N) is 1. The van der Waals surface area contributed by atoms with Crippen LogP contribution < -0.4 is 15.0 Å². The minimum absolute atomic E-state index is 0.0866. The van der Waals surface area contributed by atoms with E-state index in [0.29, 0.717) is 5.69 Å². The van der Waals surface area contributed by atoms with E-state index in [2.05, 4.69) is 15.2 Å². The normalized spacial score (nSPS) is 15.1. The highest BCUT2D eigenvalue weighted by molar-refractivity contribution is 6.07. The number of fused-ring (bicyclic) bond motifs is 1. The summed E-state index contributed by atoms with van der Waals surface area (Å²) < 4.78 is 31.9. The zero-order valence-corrected chi connectivity index (χ0v) is 16.7. The number of anilines is 2. The molecule has 1 aliphatic rings. The molecule has 3 aromatic rings. The second-order valence-corrected chi connectivity index (χ2v) is 7.43. The van der Waals surface area contributed by atoms with Crippen LogP contribution in [0.1, 0.15) is 26.2 Å². The SMILES string of the molecule is CC(Oc1ccc(F)c(F)c1)C(=O)Nc1ccc(N2CCCCC2)c2ccncc12. The van der Waals surface area contributed by atoms with Gasteiger partial charge in [-0.3, -0.25) is 9.78 Å². The standard InChI is InChI=1S/C23H23F2N3O2/c1-15(30-16-5-6-19(24)20(25)13-16)23(29)27-21-7-8-22(28-11-3-2-4-12-28)17-9-10-26-14-18(17)21/h5-10,13-15H,2-4,11-12H2,1H3,(H,27,29). The third-order valence-corrected chi connectivity index (χ3v) is 5.32. The van der Waals surface area contributed by atoms with Crippen molar-refractivity contribution in [2.45, 2.75) is 32.3 Å². The monoisotopic (exact) mass is 411 g/mol. The maximum Gasteiger partial charge on any atom is 0.265 e. The number of carbonyl (C=O) groups is 1. The number of piperidine rings is 1. The van der Waals surface area contributed by atoms with Gasteiger partial charge in [0, 0.05) is 48.0 Å². The number of hydrogen-bond acceptors (Lipinski definition) is 4. The topological polar surface area (TPSA) is 54.5 Å². The van der Waals surface area contributed by atoms with Crippen molar-refractivity contribution < 1.29 is 18.3 Å². The molecule has 1 aliphatic heterocycles. The zero-order valence-electron chi connectivity index (χ0n) is 16.7. The fourth-order valence-corrected chi connectivity index (χ4v) is 3.74. The molecule has 2 heterocycles. The second kappa shape index (κ2) is 8.65. The Balaban J connectivity index is 1.54.